The highest BCUT2D eigenvalue weighted by molar-refractivity contribution is 5.66. The van der Waals surface area contributed by atoms with Crippen molar-refractivity contribution in [2.45, 2.75) is 123 Å². The second kappa shape index (κ2) is 11.3. The topological polar surface area (TPSA) is 123 Å². The predicted octanol–water partition coefficient (Wildman–Crippen LogP) is 6.28. The minimum absolute atomic E-state index is 0.0905. The van der Waals surface area contributed by atoms with Crippen molar-refractivity contribution in [3.05, 3.63) is 51.3 Å². The van der Waals surface area contributed by atoms with Crippen molar-refractivity contribution in [3.8, 4) is 17.8 Å². The van der Waals surface area contributed by atoms with Crippen LogP contribution in [0.5, 0.6) is 0 Å². The van der Waals surface area contributed by atoms with Crippen molar-refractivity contribution in [1.29, 1.82) is 10.5 Å². The van der Waals surface area contributed by atoms with Crippen LogP contribution in [0.2, 0.25) is 0 Å². The maximum Gasteiger partial charge on any atom is 0.353 e. The van der Waals surface area contributed by atoms with Gasteiger partial charge in [-0.2, -0.15) is 10.5 Å². The second-order valence-corrected chi connectivity index (χ2v) is 15.8. The second-order valence-electron chi connectivity index (χ2n) is 15.8. The first kappa shape index (κ1) is 32.4. The number of para-hydroxylation sites is 1. The SMILES string of the molecule is CC(=O)O[C@H]1CC[C@]2(C)[C@@H]3CC[C@@]4(C)[C@@H](CC[C@H]4[C@H](C)CCCC(C)C)[C@@]3(C#N)n3c(=O)n(-c4ccccc4)c(=O)n3[C@@]2(C#N)C1. The van der Waals surface area contributed by atoms with Gasteiger partial charge >= 0.3 is 17.3 Å². The molecule has 4 aliphatic rings. The molecule has 3 fully saturated rings. The van der Waals surface area contributed by atoms with Crippen LogP contribution in [0.3, 0.4) is 0 Å². The molecule has 3 saturated carbocycles. The fraction of sp³-hybridized carbons (Fsp3) is 0.703. The van der Waals surface area contributed by atoms with E-state index in [0.717, 1.165) is 30.3 Å². The fourth-order valence-electron chi connectivity index (χ4n) is 11.1. The first-order chi connectivity index (χ1) is 21.8. The van der Waals surface area contributed by atoms with Gasteiger partial charge in [-0.1, -0.05) is 72.1 Å². The minimum Gasteiger partial charge on any atom is -0.462 e. The number of nitriles is 2. The molecule has 1 aliphatic heterocycles. The predicted molar refractivity (Wildman–Crippen MR) is 174 cm³/mol. The Balaban J connectivity index is 1.59. The van der Waals surface area contributed by atoms with Crippen molar-refractivity contribution in [2.75, 3.05) is 0 Å². The van der Waals surface area contributed by atoms with Crippen LogP contribution in [0, 0.1) is 63.1 Å². The largest absolute Gasteiger partial charge is 0.462 e. The van der Waals surface area contributed by atoms with Gasteiger partial charge < -0.3 is 4.74 Å². The lowest BCUT2D eigenvalue weighted by Crippen LogP contribution is -2.74. The molecule has 0 radical (unpaired) electrons. The summed E-state index contributed by atoms with van der Waals surface area (Å²) >= 11 is 0. The lowest BCUT2D eigenvalue weighted by molar-refractivity contribution is -0.190. The number of nitrogens with zero attached hydrogens (tertiary/aromatic N) is 5. The lowest BCUT2D eigenvalue weighted by Gasteiger charge is -2.66. The summed E-state index contributed by atoms with van der Waals surface area (Å²) in [4.78, 5) is 41.6. The molecule has 9 nitrogen and oxygen atoms in total. The van der Waals surface area contributed by atoms with Gasteiger partial charge in [0, 0.05) is 30.6 Å². The van der Waals surface area contributed by atoms with E-state index in [-0.39, 0.29) is 23.7 Å². The highest BCUT2D eigenvalue weighted by atomic mass is 16.5. The van der Waals surface area contributed by atoms with Gasteiger partial charge in [-0.05, 0) is 73.8 Å². The van der Waals surface area contributed by atoms with Crippen LogP contribution >= 0.6 is 0 Å². The molecular weight excluding hydrogens is 578 g/mol. The summed E-state index contributed by atoms with van der Waals surface area (Å²) in [7, 11) is 0. The number of rotatable bonds is 7. The van der Waals surface area contributed by atoms with Crippen molar-refractivity contribution >= 4 is 5.97 Å². The standard InChI is InChI=1S/C37H49N5O4/c1-24(2)11-10-12-25(3)29-15-16-30-34(29,5)19-18-31-35(6)20-17-28(46-26(4)43)21-36(35,22-38)41-32(44)40(27-13-8-7-9-14-27)33(45)42(41)37(30,31)23-39/h7-9,13-14,24-25,28-31H,10-12,15-21H2,1-6H3/t25-,28+,29+,30-,31+,34-,35-,36-,37-/m1/s1. The molecular formula is C37H49N5O4. The minimum atomic E-state index is -1.48. The summed E-state index contributed by atoms with van der Waals surface area (Å²) in [5, 5.41) is 22.8. The Labute approximate surface area is 272 Å². The molecule has 0 N–H and O–H groups in total. The quantitative estimate of drug-likeness (QED) is 0.333. The molecule has 1 aromatic carbocycles. The Kier molecular flexibility index (Phi) is 7.94. The van der Waals surface area contributed by atoms with Gasteiger partial charge in [-0.3, -0.25) is 4.79 Å². The van der Waals surface area contributed by atoms with E-state index in [9.17, 15) is 24.9 Å². The lowest BCUT2D eigenvalue weighted by atomic mass is 9.43. The molecule has 3 aliphatic carbocycles. The highest BCUT2D eigenvalue weighted by Gasteiger charge is 2.75. The molecule has 1 aromatic heterocycles. The average molecular weight is 628 g/mol. The normalized spacial score (nSPS) is 36.8. The van der Waals surface area contributed by atoms with E-state index >= 15 is 0 Å². The maximum atomic E-state index is 14.8. The monoisotopic (exact) mass is 627 g/mol. The summed E-state index contributed by atoms with van der Waals surface area (Å²) in [5.41, 5.74) is -4.59. The van der Waals surface area contributed by atoms with Crippen LogP contribution < -0.4 is 11.4 Å². The van der Waals surface area contributed by atoms with E-state index in [1.165, 1.54) is 29.1 Å². The molecule has 6 rings (SSSR count). The molecule has 0 unspecified atom stereocenters. The van der Waals surface area contributed by atoms with E-state index in [2.05, 4.69) is 46.8 Å². The first-order valence-corrected chi connectivity index (χ1v) is 17.4. The Morgan fingerprint density at radius 2 is 1.63 bits per heavy atom. The number of ether oxygens (including phenoxy) is 1. The van der Waals surface area contributed by atoms with Crippen molar-refractivity contribution in [2.24, 2.45) is 40.4 Å². The summed E-state index contributed by atoms with van der Waals surface area (Å²) < 4.78 is 9.64. The average Bonchev–Trinajstić information content (AvgIpc) is 3.51. The third-order valence-corrected chi connectivity index (χ3v) is 13.2. The van der Waals surface area contributed by atoms with Gasteiger partial charge in [0.2, 0.25) is 0 Å². The maximum absolute atomic E-state index is 14.8. The fourth-order valence-corrected chi connectivity index (χ4v) is 11.1. The molecule has 2 aromatic rings. The Bertz CT molecular complexity index is 1710. The van der Waals surface area contributed by atoms with E-state index in [1.807, 2.05) is 6.07 Å². The molecule has 46 heavy (non-hydrogen) atoms. The number of hydrogen-bond donors (Lipinski definition) is 0. The van der Waals surface area contributed by atoms with E-state index < -0.39 is 39.9 Å². The smallest absolute Gasteiger partial charge is 0.353 e. The summed E-state index contributed by atoms with van der Waals surface area (Å²) in [6, 6.07) is 14.1. The van der Waals surface area contributed by atoms with Crippen LogP contribution in [-0.4, -0.2) is 26.0 Å². The number of carbonyl (C=O) groups excluding carboxylic acids is 1. The zero-order chi connectivity index (χ0) is 33.2. The summed E-state index contributed by atoms with van der Waals surface area (Å²) in [6.07, 6.45) is 7.42. The third kappa shape index (κ3) is 4.26. The van der Waals surface area contributed by atoms with E-state index in [0.29, 0.717) is 42.7 Å². The molecule has 0 saturated heterocycles. The number of fused-ring (bicyclic) bond motifs is 8. The van der Waals surface area contributed by atoms with E-state index in [1.54, 1.807) is 24.3 Å². The Morgan fingerprint density at radius 3 is 2.26 bits per heavy atom. The molecule has 0 amide bonds. The zero-order valence-corrected chi connectivity index (χ0v) is 28.3. The van der Waals surface area contributed by atoms with Gasteiger partial charge in [-0.25, -0.2) is 23.5 Å². The van der Waals surface area contributed by atoms with Gasteiger partial charge in [0.05, 0.1) is 17.8 Å². The van der Waals surface area contributed by atoms with Crippen LogP contribution in [0.25, 0.3) is 5.69 Å². The zero-order valence-electron chi connectivity index (χ0n) is 28.3. The molecule has 9 atom stereocenters. The number of carbonyl (C=O) groups is 1. The molecule has 2 heterocycles. The third-order valence-electron chi connectivity index (χ3n) is 13.2. The van der Waals surface area contributed by atoms with Gasteiger partial charge in [0.25, 0.3) is 0 Å². The Hall–Kier alpha value is -3.59. The van der Waals surface area contributed by atoms with Crippen molar-refractivity contribution in [3.63, 3.8) is 0 Å². The molecule has 0 bridgehead atoms. The molecule has 0 spiro atoms. The summed E-state index contributed by atoms with van der Waals surface area (Å²) in [6.45, 7) is 12.6. The van der Waals surface area contributed by atoms with Crippen LogP contribution in [0.4, 0.5) is 0 Å². The van der Waals surface area contributed by atoms with Gasteiger partial charge in [0.1, 0.15) is 6.10 Å². The van der Waals surface area contributed by atoms with E-state index in [4.69, 9.17) is 4.74 Å². The molecule has 9 heteroatoms. The van der Waals surface area contributed by atoms with Gasteiger partial charge in [-0.15, -0.1) is 0 Å². The Morgan fingerprint density at radius 1 is 0.935 bits per heavy atom. The van der Waals surface area contributed by atoms with Crippen LogP contribution in [0.15, 0.2) is 39.9 Å². The van der Waals surface area contributed by atoms with Crippen LogP contribution in [-0.2, 0) is 20.6 Å². The van der Waals surface area contributed by atoms with Crippen LogP contribution in [0.1, 0.15) is 106 Å². The van der Waals surface area contributed by atoms with Gasteiger partial charge in [0.15, 0.2) is 11.1 Å². The number of aromatic nitrogens is 3. The number of esters is 1. The highest BCUT2D eigenvalue weighted by Crippen LogP contribution is 2.71. The number of benzene rings is 1. The van der Waals surface area contributed by atoms with Crippen molar-refractivity contribution in [1.82, 2.24) is 13.9 Å². The van der Waals surface area contributed by atoms with Crippen molar-refractivity contribution < 1.29 is 9.53 Å². The molecule has 246 valence electrons. The summed E-state index contributed by atoms with van der Waals surface area (Å²) in [5.74, 6) is 0.607. The number of hydrogen-bond acceptors (Lipinski definition) is 6. The first-order valence-electron chi connectivity index (χ1n) is 17.4.